The smallest absolute Gasteiger partial charge is 0.223 e. The summed E-state index contributed by atoms with van der Waals surface area (Å²) in [6.07, 6.45) is -0.526. The molecule has 2 heterocycles. The van der Waals surface area contributed by atoms with Gasteiger partial charge in [-0.3, -0.25) is 0 Å². The van der Waals surface area contributed by atoms with Crippen LogP contribution in [0.4, 0.5) is 0 Å². The number of hydrogen-bond acceptors (Lipinski definition) is 6. The predicted molar refractivity (Wildman–Crippen MR) is 83.4 cm³/mol. The second-order valence-corrected chi connectivity index (χ2v) is 7.61. The maximum absolute atomic E-state index is 12.6. The SMILES string of the molecule is Cc1nc([C@@H]2CN(S(=O)(=O)Cc3ccccc3Cl)CCO2)no1. The molecule has 1 aromatic heterocycles. The number of aryl methyl sites for hydroxylation is 1. The largest absolute Gasteiger partial charge is 0.367 e. The Bertz CT molecular complexity index is 793. The predicted octanol–water partition coefficient (Wildman–Crippen LogP) is 1.93. The second-order valence-electron chi connectivity index (χ2n) is 5.24. The number of benzene rings is 1. The fourth-order valence-electron chi connectivity index (χ4n) is 2.38. The van der Waals surface area contributed by atoms with Crippen molar-refractivity contribution in [1.29, 1.82) is 0 Å². The first-order valence-electron chi connectivity index (χ1n) is 7.09. The van der Waals surface area contributed by atoms with Crippen LogP contribution in [0.1, 0.15) is 23.4 Å². The van der Waals surface area contributed by atoms with Gasteiger partial charge in [0.15, 0.2) is 0 Å². The number of sulfonamides is 1. The molecule has 0 saturated carbocycles. The molecular formula is C14H16ClN3O4S. The molecule has 0 radical (unpaired) electrons. The van der Waals surface area contributed by atoms with Crippen molar-refractivity contribution in [2.45, 2.75) is 18.8 Å². The molecule has 2 aromatic rings. The van der Waals surface area contributed by atoms with Gasteiger partial charge < -0.3 is 9.26 Å². The van der Waals surface area contributed by atoms with Crippen LogP contribution < -0.4 is 0 Å². The topological polar surface area (TPSA) is 85.5 Å². The number of aromatic nitrogens is 2. The van der Waals surface area contributed by atoms with Crippen LogP contribution in [0, 0.1) is 6.92 Å². The van der Waals surface area contributed by atoms with E-state index in [4.69, 9.17) is 20.9 Å². The first kappa shape index (κ1) is 16.4. The lowest BCUT2D eigenvalue weighted by atomic mass is 10.2. The van der Waals surface area contributed by atoms with E-state index in [1.54, 1.807) is 31.2 Å². The fourth-order valence-corrected chi connectivity index (χ4v) is 4.21. The Morgan fingerprint density at radius 1 is 1.39 bits per heavy atom. The lowest BCUT2D eigenvalue weighted by Gasteiger charge is -2.30. The summed E-state index contributed by atoms with van der Waals surface area (Å²) in [5.74, 6) is 0.629. The average Bonchev–Trinajstić information content (AvgIpc) is 2.96. The summed E-state index contributed by atoms with van der Waals surface area (Å²) < 4.78 is 37.1. The highest BCUT2D eigenvalue weighted by molar-refractivity contribution is 7.88. The molecule has 1 aliphatic rings. The van der Waals surface area contributed by atoms with Gasteiger partial charge in [0.2, 0.25) is 21.7 Å². The minimum Gasteiger partial charge on any atom is -0.367 e. The van der Waals surface area contributed by atoms with Gasteiger partial charge in [-0.25, -0.2) is 8.42 Å². The number of ether oxygens (including phenoxy) is 1. The minimum atomic E-state index is -3.51. The summed E-state index contributed by atoms with van der Waals surface area (Å²) >= 11 is 6.06. The van der Waals surface area contributed by atoms with Crippen LogP contribution in [0.2, 0.25) is 5.02 Å². The lowest BCUT2D eigenvalue weighted by molar-refractivity contribution is -0.00863. The van der Waals surface area contributed by atoms with Gasteiger partial charge in [-0.2, -0.15) is 9.29 Å². The van der Waals surface area contributed by atoms with Crippen molar-refractivity contribution in [1.82, 2.24) is 14.4 Å². The van der Waals surface area contributed by atoms with Gasteiger partial charge in [0.05, 0.1) is 12.4 Å². The third kappa shape index (κ3) is 3.72. The zero-order valence-electron chi connectivity index (χ0n) is 12.5. The Labute approximate surface area is 139 Å². The van der Waals surface area contributed by atoms with E-state index in [2.05, 4.69) is 10.1 Å². The highest BCUT2D eigenvalue weighted by Gasteiger charge is 2.32. The molecule has 1 fully saturated rings. The van der Waals surface area contributed by atoms with E-state index in [9.17, 15) is 8.42 Å². The van der Waals surface area contributed by atoms with Crippen molar-refractivity contribution < 1.29 is 17.7 Å². The molecule has 1 atom stereocenters. The monoisotopic (exact) mass is 357 g/mol. The van der Waals surface area contributed by atoms with Crippen molar-refractivity contribution in [3.05, 3.63) is 46.6 Å². The number of morpholine rings is 1. The molecule has 0 unspecified atom stereocenters. The molecule has 9 heteroatoms. The molecule has 124 valence electrons. The summed E-state index contributed by atoms with van der Waals surface area (Å²) in [6, 6.07) is 6.92. The van der Waals surface area contributed by atoms with Crippen LogP contribution in [-0.2, 0) is 20.5 Å². The van der Waals surface area contributed by atoms with E-state index in [-0.39, 0.29) is 18.9 Å². The number of halogens is 1. The van der Waals surface area contributed by atoms with Crippen LogP contribution in [0.25, 0.3) is 0 Å². The third-order valence-electron chi connectivity index (χ3n) is 3.55. The first-order valence-corrected chi connectivity index (χ1v) is 9.07. The van der Waals surface area contributed by atoms with E-state index < -0.39 is 16.1 Å². The zero-order valence-corrected chi connectivity index (χ0v) is 14.0. The van der Waals surface area contributed by atoms with E-state index in [1.165, 1.54) is 4.31 Å². The highest BCUT2D eigenvalue weighted by Crippen LogP contribution is 2.25. The summed E-state index contributed by atoms with van der Waals surface area (Å²) in [5, 5.41) is 4.24. The van der Waals surface area contributed by atoms with Crippen LogP contribution in [-0.4, -0.2) is 42.6 Å². The number of hydrogen-bond donors (Lipinski definition) is 0. The standard InChI is InChI=1S/C14H16ClN3O4S/c1-10-16-14(17-22-10)13-8-18(6-7-21-13)23(19,20)9-11-4-2-3-5-12(11)15/h2-5,13H,6-9H2,1H3/t13-/m0/s1. The molecule has 0 bridgehead atoms. The van der Waals surface area contributed by atoms with Crippen molar-refractivity contribution in [2.75, 3.05) is 19.7 Å². The normalized spacial score (nSPS) is 19.8. The fraction of sp³-hybridized carbons (Fsp3) is 0.429. The summed E-state index contributed by atoms with van der Waals surface area (Å²) in [4.78, 5) is 4.10. The van der Waals surface area contributed by atoms with Crippen molar-refractivity contribution in [3.8, 4) is 0 Å². The van der Waals surface area contributed by atoms with Crippen LogP contribution in [0.3, 0.4) is 0 Å². The molecule has 23 heavy (non-hydrogen) atoms. The van der Waals surface area contributed by atoms with E-state index >= 15 is 0 Å². The lowest BCUT2D eigenvalue weighted by Crippen LogP contribution is -2.43. The molecule has 0 amide bonds. The number of rotatable bonds is 4. The Morgan fingerprint density at radius 2 is 2.17 bits per heavy atom. The van der Waals surface area contributed by atoms with Gasteiger partial charge >= 0.3 is 0 Å². The van der Waals surface area contributed by atoms with Gasteiger partial charge in [-0.05, 0) is 11.6 Å². The van der Waals surface area contributed by atoms with Crippen molar-refractivity contribution in [3.63, 3.8) is 0 Å². The molecule has 7 nitrogen and oxygen atoms in total. The summed E-state index contributed by atoms with van der Waals surface area (Å²) in [6.45, 7) is 2.40. The molecule has 0 spiro atoms. The van der Waals surface area contributed by atoms with Crippen molar-refractivity contribution in [2.24, 2.45) is 0 Å². The molecule has 1 aromatic carbocycles. The highest BCUT2D eigenvalue weighted by atomic mass is 35.5. The quantitative estimate of drug-likeness (QED) is 0.831. The molecule has 0 aliphatic carbocycles. The molecule has 1 saturated heterocycles. The maximum Gasteiger partial charge on any atom is 0.223 e. The van der Waals surface area contributed by atoms with E-state index in [0.29, 0.717) is 28.8 Å². The molecular weight excluding hydrogens is 342 g/mol. The molecule has 3 rings (SSSR count). The maximum atomic E-state index is 12.6. The Balaban J connectivity index is 1.76. The first-order chi connectivity index (χ1) is 11.0. The van der Waals surface area contributed by atoms with Crippen LogP contribution in [0.15, 0.2) is 28.8 Å². The van der Waals surface area contributed by atoms with Gasteiger partial charge in [0.1, 0.15) is 6.10 Å². The van der Waals surface area contributed by atoms with Crippen LogP contribution in [0.5, 0.6) is 0 Å². The van der Waals surface area contributed by atoms with Crippen LogP contribution >= 0.6 is 11.6 Å². The summed E-state index contributed by atoms with van der Waals surface area (Å²) in [5.41, 5.74) is 0.576. The van der Waals surface area contributed by atoms with Crippen molar-refractivity contribution >= 4 is 21.6 Å². The second kappa shape index (κ2) is 6.56. The summed E-state index contributed by atoms with van der Waals surface area (Å²) in [7, 11) is -3.51. The van der Waals surface area contributed by atoms with E-state index in [1.807, 2.05) is 0 Å². The average molecular weight is 358 g/mol. The Hall–Kier alpha value is -1.48. The molecule has 1 aliphatic heterocycles. The zero-order chi connectivity index (χ0) is 16.4. The van der Waals surface area contributed by atoms with Gasteiger partial charge in [0.25, 0.3) is 0 Å². The Kier molecular flexibility index (Phi) is 4.67. The van der Waals surface area contributed by atoms with Gasteiger partial charge in [0, 0.05) is 25.0 Å². The third-order valence-corrected chi connectivity index (χ3v) is 5.71. The molecule has 0 N–H and O–H groups in total. The van der Waals surface area contributed by atoms with Gasteiger partial charge in [-0.1, -0.05) is 35.0 Å². The number of nitrogens with zero attached hydrogens (tertiary/aromatic N) is 3. The Morgan fingerprint density at radius 3 is 2.87 bits per heavy atom. The van der Waals surface area contributed by atoms with Gasteiger partial charge in [-0.15, -0.1) is 0 Å². The minimum absolute atomic E-state index is 0.148. The van der Waals surface area contributed by atoms with E-state index in [0.717, 1.165) is 0 Å².